The van der Waals surface area contributed by atoms with E-state index in [1.165, 1.54) is 11.3 Å². The summed E-state index contributed by atoms with van der Waals surface area (Å²) in [6.07, 6.45) is 9.84. The van der Waals surface area contributed by atoms with Gasteiger partial charge in [-0.3, -0.25) is 14.3 Å². The van der Waals surface area contributed by atoms with Crippen LogP contribution in [0.15, 0.2) is 30.3 Å². The van der Waals surface area contributed by atoms with Gasteiger partial charge in [0.2, 0.25) is 0 Å². The molecule has 4 rings (SSSR count). The third-order valence-corrected chi connectivity index (χ3v) is 5.63. The van der Waals surface area contributed by atoms with Crippen LogP contribution < -0.4 is 0 Å². The summed E-state index contributed by atoms with van der Waals surface area (Å²) in [6, 6.07) is -0.0509. The second kappa shape index (κ2) is 6.95. The summed E-state index contributed by atoms with van der Waals surface area (Å²) in [4.78, 5) is 33.3. The molecule has 134 valence electrons. The Morgan fingerprint density at radius 3 is 3.00 bits per heavy atom. The number of hydrogen-bond acceptors (Lipinski definition) is 6. The van der Waals surface area contributed by atoms with Gasteiger partial charge in [0.25, 0.3) is 5.91 Å². The van der Waals surface area contributed by atoms with Gasteiger partial charge in [-0.05, 0) is 19.8 Å². The minimum Gasteiger partial charge on any atom is -0.329 e. The number of rotatable bonds is 4. The molecule has 1 atom stereocenters. The number of likely N-dealkylation sites (tertiary alicyclic amines) is 1. The first kappa shape index (κ1) is 16.8. The van der Waals surface area contributed by atoms with Gasteiger partial charge in [0.15, 0.2) is 5.82 Å². The maximum absolute atomic E-state index is 13.0. The Balaban J connectivity index is 1.65. The van der Waals surface area contributed by atoms with Gasteiger partial charge in [0, 0.05) is 25.4 Å². The number of amides is 1. The highest BCUT2D eigenvalue weighted by Gasteiger charge is 2.33. The van der Waals surface area contributed by atoms with Crippen molar-refractivity contribution in [2.45, 2.75) is 39.2 Å². The van der Waals surface area contributed by atoms with Crippen LogP contribution in [-0.4, -0.2) is 41.9 Å². The van der Waals surface area contributed by atoms with Crippen molar-refractivity contribution < 1.29 is 4.79 Å². The monoisotopic (exact) mass is 368 g/mol. The number of hydrogen-bond donors (Lipinski definition) is 0. The lowest BCUT2D eigenvalue weighted by molar-refractivity contribution is 0.0736. The van der Waals surface area contributed by atoms with E-state index in [0.29, 0.717) is 4.88 Å². The van der Waals surface area contributed by atoms with Gasteiger partial charge in [-0.2, -0.15) is 0 Å². The molecule has 4 heterocycles. The summed E-state index contributed by atoms with van der Waals surface area (Å²) < 4.78 is 1.95. The molecule has 3 aromatic rings. The van der Waals surface area contributed by atoms with Crippen LogP contribution in [-0.2, 0) is 6.42 Å². The van der Waals surface area contributed by atoms with Gasteiger partial charge in [0.05, 0.1) is 35.3 Å². The third-order valence-electron chi connectivity index (χ3n) is 4.72. The molecule has 3 aromatic heterocycles. The molecular formula is C18H20N6OS. The van der Waals surface area contributed by atoms with Crippen LogP contribution in [0.2, 0.25) is 0 Å². The van der Waals surface area contributed by atoms with E-state index in [4.69, 9.17) is 4.98 Å². The number of thiazole rings is 1. The van der Waals surface area contributed by atoms with E-state index in [0.717, 1.165) is 48.8 Å². The van der Waals surface area contributed by atoms with E-state index in [9.17, 15) is 4.79 Å². The summed E-state index contributed by atoms with van der Waals surface area (Å²) in [5.74, 6) is 1.72. The van der Waals surface area contributed by atoms with Crippen LogP contribution in [0.4, 0.5) is 0 Å². The quantitative estimate of drug-likeness (QED) is 0.707. The molecule has 1 saturated heterocycles. The minimum atomic E-state index is -0.0509. The number of carbonyl (C=O) groups is 1. The Bertz CT molecular complexity index is 933. The average Bonchev–Trinajstić information content (AvgIpc) is 3.41. The Labute approximate surface area is 155 Å². The second-order valence-electron chi connectivity index (χ2n) is 6.29. The van der Waals surface area contributed by atoms with Gasteiger partial charge in [0.1, 0.15) is 10.7 Å². The summed E-state index contributed by atoms with van der Waals surface area (Å²) >= 11 is 1.40. The lowest BCUT2D eigenvalue weighted by Gasteiger charge is -2.24. The summed E-state index contributed by atoms with van der Waals surface area (Å²) in [5, 5.41) is 0. The zero-order chi connectivity index (χ0) is 18.1. The fourth-order valence-electron chi connectivity index (χ4n) is 3.41. The van der Waals surface area contributed by atoms with E-state index in [1.807, 2.05) is 22.6 Å². The Morgan fingerprint density at radius 2 is 2.23 bits per heavy atom. The molecule has 0 aromatic carbocycles. The lowest BCUT2D eigenvalue weighted by Crippen LogP contribution is -2.31. The molecule has 1 amide bonds. The largest absolute Gasteiger partial charge is 0.329 e. The molecule has 1 aliphatic heterocycles. The number of aromatic nitrogens is 5. The van der Waals surface area contributed by atoms with Crippen molar-refractivity contribution in [2.75, 3.05) is 6.54 Å². The first-order valence-corrected chi connectivity index (χ1v) is 9.62. The highest BCUT2D eigenvalue weighted by Crippen LogP contribution is 2.33. The van der Waals surface area contributed by atoms with Crippen LogP contribution in [0, 0.1) is 6.92 Å². The van der Waals surface area contributed by atoms with E-state index in [1.54, 1.807) is 24.1 Å². The summed E-state index contributed by atoms with van der Waals surface area (Å²) in [7, 11) is 0. The van der Waals surface area contributed by atoms with Crippen molar-refractivity contribution in [1.29, 1.82) is 0 Å². The molecular weight excluding hydrogens is 348 g/mol. The van der Waals surface area contributed by atoms with E-state index < -0.39 is 0 Å². The standard InChI is InChI=1S/C18H20N6OS/c1-3-15-20-6-8-24(15)16-10-19-9-13(22-16)14-5-4-7-23(14)18(25)17-12(2)21-11-26-17/h6,8-11,14H,3-5,7H2,1-2H3/t14-/m1/s1. The van der Waals surface area contributed by atoms with Crippen molar-refractivity contribution in [2.24, 2.45) is 0 Å². The highest BCUT2D eigenvalue weighted by molar-refractivity contribution is 7.11. The fraction of sp³-hybridized carbons (Fsp3) is 0.389. The maximum atomic E-state index is 13.0. The topological polar surface area (TPSA) is 76.8 Å². The summed E-state index contributed by atoms with van der Waals surface area (Å²) in [5.41, 5.74) is 3.34. The first-order chi connectivity index (χ1) is 12.7. The van der Waals surface area contributed by atoms with Crippen molar-refractivity contribution in [1.82, 2.24) is 29.4 Å². The predicted octanol–water partition coefficient (Wildman–Crippen LogP) is 2.97. The first-order valence-electron chi connectivity index (χ1n) is 8.74. The van der Waals surface area contributed by atoms with Gasteiger partial charge >= 0.3 is 0 Å². The Kier molecular flexibility index (Phi) is 4.50. The number of aryl methyl sites for hydroxylation is 2. The molecule has 0 aliphatic carbocycles. The second-order valence-corrected chi connectivity index (χ2v) is 7.15. The molecule has 0 radical (unpaired) electrons. The zero-order valence-electron chi connectivity index (χ0n) is 14.8. The van der Waals surface area contributed by atoms with Crippen LogP contribution in [0.5, 0.6) is 0 Å². The van der Waals surface area contributed by atoms with Crippen molar-refractivity contribution in [3.8, 4) is 5.82 Å². The van der Waals surface area contributed by atoms with Crippen molar-refractivity contribution in [3.05, 3.63) is 52.4 Å². The average molecular weight is 368 g/mol. The third kappa shape index (κ3) is 2.90. The number of carbonyl (C=O) groups excluding carboxylic acids is 1. The minimum absolute atomic E-state index is 0.0385. The van der Waals surface area contributed by atoms with Crippen LogP contribution in [0.25, 0.3) is 5.82 Å². The summed E-state index contributed by atoms with van der Waals surface area (Å²) in [6.45, 7) is 4.67. The molecule has 0 saturated carbocycles. The molecule has 26 heavy (non-hydrogen) atoms. The zero-order valence-corrected chi connectivity index (χ0v) is 15.6. The molecule has 0 unspecified atom stereocenters. The van der Waals surface area contributed by atoms with Crippen LogP contribution in [0.1, 0.15) is 52.7 Å². The van der Waals surface area contributed by atoms with Crippen LogP contribution >= 0.6 is 11.3 Å². The molecule has 1 aliphatic rings. The van der Waals surface area contributed by atoms with E-state index in [-0.39, 0.29) is 11.9 Å². The molecule has 0 N–H and O–H groups in total. The molecule has 1 fully saturated rings. The predicted molar refractivity (Wildman–Crippen MR) is 98.4 cm³/mol. The van der Waals surface area contributed by atoms with Crippen molar-refractivity contribution in [3.63, 3.8) is 0 Å². The lowest BCUT2D eigenvalue weighted by atomic mass is 10.1. The maximum Gasteiger partial charge on any atom is 0.266 e. The number of imidazole rings is 1. The highest BCUT2D eigenvalue weighted by atomic mass is 32.1. The Hall–Kier alpha value is -2.61. The fourth-order valence-corrected chi connectivity index (χ4v) is 4.16. The van der Waals surface area contributed by atoms with E-state index in [2.05, 4.69) is 21.9 Å². The molecule has 7 nitrogen and oxygen atoms in total. The van der Waals surface area contributed by atoms with Gasteiger partial charge in [-0.25, -0.2) is 15.0 Å². The smallest absolute Gasteiger partial charge is 0.266 e. The molecule has 0 spiro atoms. The van der Waals surface area contributed by atoms with Crippen LogP contribution in [0.3, 0.4) is 0 Å². The number of nitrogens with zero attached hydrogens (tertiary/aromatic N) is 6. The van der Waals surface area contributed by atoms with Gasteiger partial charge in [-0.1, -0.05) is 6.92 Å². The van der Waals surface area contributed by atoms with Gasteiger partial charge in [-0.15, -0.1) is 11.3 Å². The van der Waals surface area contributed by atoms with E-state index >= 15 is 0 Å². The molecule has 8 heteroatoms. The van der Waals surface area contributed by atoms with Crippen molar-refractivity contribution >= 4 is 17.2 Å². The SMILES string of the molecule is CCc1nccn1-c1cncc([C@H]2CCCN2C(=O)c2scnc2C)n1. The molecule has 0 bridgehead atoms. The normalized spacial score (nSPS) is 17.0. The Morgan fingerprint density at radius 1 is 1.35 bits per heavy atom. The van der Waals surface area contributed by atoms with Gasteiger partial charge < -0.3 is 4.90 Å².